The minimum absolute atomic E-state index is 0.0707. The Morgan fingerprint density at radius 3 is 2.50 bits per heavy atom. The summed E-state index contributed by atoms with van der Waals surface area (Å²) in [5.74, 6) is 1.22. The van der Waals surface area contributed by atoms with Crippen LogP contribution in [0.25, 0.3) is 0 Å². The Hall–Kier alpha value is -3.10. The predicted octanol–water partition coefficient (Wildman–Crippen LogP) is 5.30. The second kappa shape index (κ2) is 11.3. The first-order valence-electron chi connectivity index (χ1n) is 11.9. The molecular weight excluding hydrogens is 498 g/mol. The molecule has 4 rings (SSSR count). The SMILES string of the molecule is COc1ccc(CNC(=O)c2csc(C3CCN(C(=O)C(C)(C)Oc4ccccc4Cl)CC3)n2)cc1. The van der Waals surface area contributed by atoms with Crippen LogP contribution in [0.15, 0.2) is 53.9 Å². The van der Waals surface area contributed by atoms with Crippen LogP contribution < -0.4 is 14.8 Å². The summed E-state index contributed by atoms with van der Waals surface area (Å²) in [7, 11) is 1.62. The molecule has 1 aromatic heterocycles. The van der Waals surface area contributed by atoms with Crippen LogP contribution in [0.5, 0.6) is 11.5 Å². The van der Waals surface area contributed by atoms with Crippen LogP contribution in [0.3, 0.4) is 0 Å². The summed E-state index contributed by atoms with van der Waals surface area (Å²) >= 11 is 7.70. The first-order chi connectivity index (χ1) is 17.3. The number of rotatable bonds is 8. The Kier molecular flexibility index (Phi) is 8.16. The second-order valence-corrected chi connectivity index (χ2v) is 10.5. The highest BCUT2D eigenvalue weighted by atomic mass is 35.5. The molecule has 1 N–H and O–H groups in total. The van der Waals surface area contributed by atoms with Crippen molar-refractivity contribution < 1.29 is 19.1 Å². The molecule has 0 saturated carbocycles. The van der Waals surface area contributed by atoms with Gasteiger partial charge in [-0.2, -0.15) is 0 Å². The average molecular weight is 528 g/mol. The molecule has 9 heteroatoms. The Bertz CT molecular complexity index is 1200. The third-order valence-electron chi connectivity index (χ3n) is 6.21. The highest BCUT2D eigenvalue weighted by molar-refractivity contribution is 7.09. The van der Waals surface area contributed by atoms with E-state index in [9.17, 15) is 9.59 Å². The summed E-state index contributed by atoms with van der Waals surface area (Å²) < 4.78 is 11.1. The highest BCUT2D eigenvalue weighted by Crippen LogP contribution is 2.33. The minimum Gasteiger partial charge on any atom is -0.497 e. The van der Waals surface area contributed by atoms with Crippen molar-refractivity contribution in [2.75, 3.05) is 20.2 Å². The van der Waals surface area contributed by atoms with Crippen LogP contribution in [0.2, 0.25) is 5.02 Å². The van der Waals surface area contributed by atoms with Gasteiger partial charge in [0.2, 0.25) is 0 Å². The van der Waals surface area contributed by atoms with E-state index in [-0.39, 0.29) is 17.7 Å². The number of amides is 2. The third-order valence-corrected chi connectivity index (χ3v) is 7.53. The summed E-state index contributed by atoms with van der Waals surface area (Å²) in [5.41, 5.74) is 0.378. The summed E-state index contributed by atoms with van der Waals surface area (Å²) in [5, 5.41) is 6.13. The number of carbonyl (C=O) groups is 2. The molecule has 1 aliphatic heterocycles. The highest BCUT2D eigenvalue weighted by Gasteiger charge is 2.37. The van der Waals surface area contributed by atoms with Gasteiger partial charge in [-0.3, -0.25) is 9.59 Å². The zero-order valence-corrected chi connectivity index (χ0v) is 22.2. The first kappa shape index (κ1) is 26.0. The van der Waals surface area contributed by atoms with Gasteiger partial charge in [0.15, 0.2) is 5.60 Å². The number of piperidine rings is 1. The standard InChI is InChI=1S/C27H30ClN3O4S/c1-27(2,35-23-7-5-4-6-21(23)28)26(33)31-14-12-19(13-15-31)25-30-22(17-36-25)24(32)29-16-18-8-10-20(34-3)11-9-18/h4-11,17,19H,12-16H2,1-3H3,(H,29,32). The zero-order chi connectivity index (χ0) is 25.7. The van der Waals surface area contributed by atoms with Crippen LogP contribution in [0.4, 0.5) is 0 Å². The lowest BCUT2D eigenvalue weighted by molar-refractivity contribution is -0.146. The van der Waals surface area contributed by atoms with Crippen LogP contribution in [0, 0.1) is 0 Å². The maximum Gasteiger partial charge on any atom is 0.271 e. The molecule has 3 aromatic rings. The lowest BCUT2D eigenvalue weighted by Crippen LogP contribution is -2.51. The fraction of sp³-hybridized carbons (Fsp3) is 0.370. The largest absolute Gasteiger partial charge is 0.497 e. The number of para-hydroxylation sites is 1. The maximum atomic E-state index is 13.2. The van der Waals surface area contributed by atoms with Crippen molar-refractivity contribution in [1.82, 2.24) is 15.2 Å². The van der Waals surface area contributed by atoms with E-state index >= 15 is 0 Å². The monoisotopic (exact) mass is 527 g/mol. The van der Waals surface area contributed by atoms with Crippen molar-refractivity contribution >= 4 is 34.8 Å². The van der Waals surface area contributed by atoms with Crippen LogP contribution in [-0.2, 0) is 11.3 Å². The number of hydrogen-bond acceptors (Lipinski definition) is 6. The van der Waals surface area contributed by atoms with E-state index in [4.69, 9.17) is 21.1 Å². The fourth-order valence-electron chi connectivity index (χ4n) is 4.15. The molecule has 1 fully saturated rings. The molecule has 2 aromatic carbocycles. The normalized spacial score (nSPS) is 14.4. The molecule has 0 atom stereocenters. The summed E-state index contributed by atoms with van der Waals surface area (Å²) in [6, 6.07) is 14.7. The van der Waals surface area contributed by atoms with Gasteiger partial charge in [0.05, 0.1) is 17.1 Å². The molecule has 1 aliphatic rings. The molecule has 36 heavy (non-hydrogen) atoms. The van der Waals surface area contributed by atoms with Crippen molar-refractivity contribution in [3.8, 4) is 11.5 Å². The smallest absolute Gasteiger partial charge is 0.271 e. The summed E-state index contributed by atoms with van der Waals surface area (Å²) in [4.78, 5) is 32.2. The molecule has 2 amide bonds. The Morgan fingerprint density at radius 2 is 1.83 bits per heavy atom. The molecule has 0 spiro atoms. The van der Waals surface area contributed by atoms with E-state index in [1.165, 1.54) is 11.3 Å². The number of thiazole rings is 1. The molecule has 0 radical (unpaired) electrons. The van der Waals surface area contributed by atoms with Crippen molar-refractivity contribution in [1.29, 1.82) is 0 Å². The van der Waals surface area contributed by atoms with Crippen LogP contribution in [0.1, 0.15) is 53.7 Å². The second-order valence-electron chi connectivity index (χ2n) is 9.21. The molecule has 2 heterocycles. The molecule has 1 saturated heterocycles. The van der Waals surface area contributed by atoms with E-state index in [1.807, 2.05) is 41.3 Å². The molecule has 0 unspecified atom stereocenters. The number of nitrogens with zero attached hydrogens (tertiary/aromatic N) is 2. The lowest BCUT2D eigenvalue weighted by Gasteiger charge is -2.36. The number of hydrogen-bond donors (Lipinski definition) is 1. The van der Waals surface area contributed by atoms with Crippen LogP contribution >= 0.6 is 22.9 Å². The number of likely N-dealkylation sites (tertiary alicyclic amines) is 1. The third kappa shape index (κ3) is 6.17. The predicted molar refractivity (Wildman–Crippen MR) is 141 cm³/mol. The summed E-state index contributed by atoms with van der Waals surface area (Å²) in [6.45, 7) is 5.17. The number of ether oxygens (including phenoxy) is 2. The molecule has 0 bridgehead atoms. The number of nitrogens with one attached hydrogen (secondary N) is 1. The van der Waals surface area contributed by atoms with Gasteiger partial charge in [0.1, 0.15) is 17.2 Å². The topological polar surface area (TPSA) is 80.8 Å². The number of carbonyl (C=O) groups excluding carboxylic acids is 2. The van der Waals surface area contributed by atoms with E-state index in [0.717, 1.165) is 29.2 Å². The maximum absolute atomic E-state index is 13.2. The van der Waals surface area contributed by atoms with Gasteiger partial charge in [-0.05, 0) is 56.5 Å². The molecule has 190 valence electrons. The number of aromatic nitrogens is 1. The van der Waals surface area contributed by atoms with Gasteiger partial charge in [-0.1, -0.05) is 35.9 Å². The van der Waals surface area contributed by atoms with E-state index in [1.54, 1.807) is 38.5 Å². The number of halogens is 1. The lowest BCUT2D eigenvalue weighted by atomic mass is 9.96. The zero-order valence-electron chi connectivity index (χ0n) is 20.6. The fourth-order valence-corrected chi connectivity index (χ4v) is 5.30. The van der Waals surface area contributed by atoms with E-state index in [0.29, 0.717) is 36.1 Å². The van der Waals surface area contributed by atoms with Crippen molar-refractivity contribution in [2.45, 2.75) is 44.8 Å². The minimum atomic E-state index is -1.03. The van der Waals surface area contributed by atoms with Crippen molar-refractivity contribution in [2.24, 2.45) is 0 Å². The van der Waals surface area contributed by atoms with E-state index < -0.39 is 5.60 Å². The Labute approximate surface area is 220 Å². The van der Waals surface area contributed by atoms with Gasteiger partial charge in [0.25, 0.3) is 11.8 Å². The van der Waals surface area contributed by atoms with E-state index in [2.05, 4.69) is 10.3 Å². The number of benzene rings is 2. The van der Waals surface area contributed by atoms with Crippen molar-refractivity contribution in [3.63, 3.8) is 0 Å². The Morgan fingerprint density at radius 1 is 1.14 bits per heavy atom. The van der Waals surface area contributed by atoms with Crippen LogP contribution in [-0.4, -0.2) is 47.5 Å². The van der Waals surface area contributed by atoms with Gasteiger partial charge < -0.3 is 19.7 Å². The molecule has 7 nitrogen and oxygen atoms in total. The van der Waals surface area contributed by atoms with Crippen molar-refractivity contribution in [3.05, 3.63) is 75.2 Å². The van der Waals surface area contributed by atoms with Gasteiger partial charge in [-0.25, -0.2) is 4.98 Å². The Balaban J connectivity index is 1.29. The number of methoxy groups -OCH3 is 1. The van der Waals surface area contributed by atoms with Gasteiger partial charge in [-0.15, -0.1) is 11.3 Å². The molecule has 0 aliphatic carbocycles. The summed E-state index contributed by atoms with van der Waals surface area (Å²) in [6.07, 6.45) is 1.57. The average Bonchev–Trinajstić information content (AvgIpc) is 3.39. The molecular formula is C27H30ClN3O4S. The van der Waals surface area contributed by atoms with Gasteiger partial charge >= 0.3 is 0 Å². The van der Waals surface area contributed by atoms with Gasteiger partial charge in [0, 0.05) is 30.9 Å². The first-order valence-corrected chi connectivity index (χ1v) is 13.1. The quantitative estimate of drug-likeness (QED) is 0.430.